The van der Waals surface area contributed by atoms with Gasteiger partial charge in [-0.15, -0.1) is 0 Å². The Balaban J connectivity index is 2.20. The highest BCUT2D eigenvalue weighted by Crippen LogP contribution is 2.37. The number of carbonyl (C=O) groups excluding carboxylic acids is 1. The lowest BCUT2D eigenvalue weighted by atomic mass is 9.76. The SMILES string of the molecule is C=C(Nc1ccc(C#N)cc1)C1=C(O)CC(C)(C)CC1=O. The first-order chi connectivity index (χ1) is 9.82. The Morgan fingerprint density at radius 2 is 1.95 bits per heavy atom. The van der Waals surface area contributed by atoms with Crippen LogP contribution in [0.25, 0.3) is 0 Å². The van der Waals surface area contributed by atoms with E-state index in [0.717, 1.165) is 5.69 Å². The Morgan fingerprint density at radius 1 is 1.33 bits per heavy atom. The maximum Gasteiger partial charge on any atom is 0.168 e. The minimum absolute atomic E-state index is 0.0856. The highest BCUT2D eigenvalue weighted by atomic mass is 16.3. The minimum atomic E-state index is -0.223. The van der Waals surface area contributed by atoms with Crippen molar-refractivity contribution in [3.63, 3.8) is 0 Å². The van der Waals surface area contributed by atoms with Crippen LogP contribution in [0.15, 0.2) is 47.9 Å². The summed E-state index contributed by atoms with van der Waals surface area (Å²) in [6, 6.07) is 8.86. The maximum atomic E-state index is 12.2. The molecule has 2 rings (SSSR count). The lowest BCUT2D eigenvalue weighted by Crippen LogP contribution is -2.27. The van der Waals surface area contributed by atoms with Crippen molar-refractivity contribution in [3.05, 3.63) is 53.4 Å². The summed E-state index contributed by atoms with van der Waals surface area (Å²) in [6.45, 7) is 7.76. The number of carbonyl (C=O) groups is 1. The number of Topliss-reactive ketones (excluding diaryl/α,β-unsaturated/α-hetero) is 1. The first-order valence-corrected chi connectivity index (χ1v) is 6.74. The molecule has 2 N–H and O–H groups in total. The second kappa shape index (κ2) is 5.45. The number of allylic oxidation sites excluding steroid dienone is 2. The first-order valence-electron chi connectivity index (χ1n) is 6.74. The molecule has 1 aliphatic carbocycles. The molecule has 1 aromatic carbocycles. The van der Waals surface area contributed by atoms with Gasteiger partial charge in [0.15, 0.2) is 5.78 Å². The van der Waals surface area contributed by atoms with E-state index >= 15 is 0 Å². The van der Waals surface area contributed by atoms with Crippen molar-refractivity contribution in [2.45, 2.75) is 26.7 Å². The van der Waals surface area contributed by atoms with Gasteiger partial charge in [-0.25, -0.2) is 0 Å². The van der Waals surface area contributed by atoms with E-state index in [4.69, 9.17) is 5.26 Å². The summed E-state index contributed by atoms with van der Waals surface area (Å²) in [6.07, 6.45) is 0.850. The van der Waals surface area contributed by atoms with E-state index in [2.05, 4.69) is 11.9 Å². The lowest BCUT2D eigenvalue weighted by molar-refractivity contribution is -0.118. The van der Waals surface area contributed by atoms with Crippen LogP contribution in [0.2, 0.25) is 0 Å². The van der Waals surface area contributed by atoms with E-state index in [1.165, 1.54) is 0 Å². The van der Waals surface area contributed by atoms with E-state index in [9.17, 15) is 9.90 Å². The molecule has 108 valence electrons. The summed E-state index contributed by atoms with van der Waals surface area (Å²) in [5, 5.41) is 21.9. The van der Waals surface area contributed by atoms with Crippen LogP contribution in [0, 0.1) is 16.7 Å². The summed E-state index contributed by atoms with van der Waals surface area (Å²) in [4.78, 5) is 12.2. The second-order valence-corrected chi connectivity index (χ2v) is 6.06. The van der Waals surface area contributed by atoms with Crippen LogP contribution >= 0.6 is 0 Å². The van der Waals surface area contributed by atoms with Crippen LogP contribution in [0.4, 0.5) is 5.69 Å². The normalized spacial score (nSPS) is 17.3. The molecule has 1 aliphatic rings. The average molecular weight is 282 g/mol. The maximum absolute atomic E-state index is 12.2. The largest absolute Gasteiger partial charge is 0.511 e. The number of hydrogen-bond acceptors (Lipinski definition) is 4. The smallest absolute Gasteiger partial charge is 0.168 e. The molecule has 0 aromatic heterocycles. The van der Waals surface area contributed by atoms with Crippen molar-refractivity contribution in [3.8, 4) is 6.07 Å². The number of anilines is 1. The van der Waals surface area contributed by atoms with Gasteiger partial charge in [-0.1, -0.05) is 20.4 Å². The fourth-order valence-electron chi connectivity index (χ4n) is 2.50. The fourth-order valence-corrected chi connectivity index (χ4v) is 2.50. The average Bonchev–Trinajstić information content (AvgIpc) is 2.37. The van der Waals surface area contributed by atoms with Crippen molar-refractivity contribution < 1.29 is 9.90 Å². The molecule has 0 fully saturated rings. The molecule has 0 radical (unpaired) electrons. The molecule has 0 saturated heterocycles. The number of nitrogens with zero attached hydrogens (tertiary/aromatic N) is 1. The van der Waals surface area contributed by atoms with Gasteiger partial charge in [0.2, 0.25) is 0 Å². The molecule has 4 nitrogen and oxygen atoms in total. The lowest BCUT2D eigenvalue weighted by Gasteiger charge is -2.30. The molecule has 0 aliphatic heterocycles. The molecule has 0 amide bonds. The summed E-state index contributed by atoms with van der Waals surface area (Å²) >= 11 is 0. The third-order valence-corrected chi connectivity index (χ3v) is 3.46. The van der Waals surface area contributed by atoms with E-state index < -0.39 is 0 Å². The van der Waals surface area contributed by atoms with Gasteiger partial charge in [0.05, 0.1) is 17.2 Å². The van der Waals surface area contributed by atoms with E-state index in [0.29, 0.717) is 24.1 Å². The van der Waals surface area contributed by atoms with Crippen molar-refractivity contribution >= 4 is 11.5 Å². The van der Waals surface area contributed by atoms with Crippen LogP contribution in [0.5, 0.6) is 0 Å². The minimum Gasteiger partial charge on any atom is -0.511 e. The summed E-state index contributed by atoms with van der Waals surface area (Å²) in [5.41, 5.74) is 1.72. The quantitative estimate of drug-likeness (QED) is 0.886. The van der Waals surface area contributed by atoms with Crippen LogP contribution in [0.3, 0.4) is 0 Å². The number of nitrogens with one attached hydrogen (secondary N) is 1. The molecule has 0 heterocycles. The zero-order chi connectivity index (χ0) is 15.6. The Kier molecular flexibility index (Phi) is 3.86. The Labute approximate surface area is 124 Å². The Bertz CT molecular complexity index is 661. The molecule has 4 heteroatoms. The highest BCUT2D eigenvalue weighted by molar-refractivity contribution is 6.01. The van der Waals surface area contributed by atoms with Gasteiger partial charge in [0, 0.05) is 24.2 Å². The monoisotopic (exact) mass is 282 g/mol. The van der Waals surface area contributed by atoms with E-state index in [1.54, 1.807) is 24.3 Å². The van der Waals surface area contributed by atoms with E-state index in [1.807, 2.05) is 19.9 Å². The fraction of sp³-hybridized carbons (Fsp3) is 0.294. The van der Waals surface area contributed by atoms with Crippen LogP contribution < -0.4 is 5.32 Å². The van der Waals surface area contributed by atoms with Gasteiger partial charge in [-0.05, 0) is 29.7 Å². The molecular weight excluding hydrogens is 264 g/mol. The molecule has 21 heavy (non-hydrogen) atoms. The zero-order valence-electron chi connectivity index (χ0n) is 12.2. The van der Waals surface area contributed by atoms with Crippen molar-refractivity contribution in [1.29, 1.82) is 5.26 Å². The van der Waals surface area contributed by atoms with Crippen LogP contribution in [-0.2, 0) is 4.79 Å². The van der Waals surface area contributed by atoms with Crippen molar-refractivity contribution in [2.24, 2.45) is 5.41 Å². The van der Waals surface area contributed by atoms with E-state index in [-0.39, 0.29) is 22.5 Å². The number of ketones is 1. The van der Waals surface area contributed by atoms with Gasteiger partial charge in [0.25, 0.3) is 0 Å². The topological polar surface area (TPSA) is 73.1 Å². The van der Waals surface area contributed by atoms with Crippen LogP contribution in [-0.4, -0.2) is 10.9 Å². The standard InChI is InChI=1S/C17H18N2O2/c1-11(19-13-6-4-12(10-18)5-7-13)16-14(20)8-17(2,3)9-15(16)21/h4-7,19-20H,1,8-9H2,2-3H3. The molecule has 1 aromatic rings. The summed E-state index contributed by atoms with van der Waals surface area (Å²) in [5.74, 6) is -0.0164. The third-order valence-electron chi connectivity index (χ3n) is 3.46. The number of hydrogen-bond donors (Lipinski definition) is 2. The highest BCUT2D eigenvalue weighted by Gasteiger charge is 2.34. The van der Waals surface area contributed by atoms with Gasteiger partial charge in [-0.3, -0.25) is 4.79 Å². The number of aliphatic hydroxyl groups is 1. The molecule has 0 bridgehead atoms. The third kappa shape index (κ3) is 3.32. The van der Waals surface area contributed by atoms with Gasteiger partial charge in [-0.2, -0.15) is 5.26 Å². The number of rotatable bonds is 3. The van der Waals surface area contributed by atoms with Crippen LogP contribution in [0.1, 0.15) is 32.3 Å². The number of aliphatic hydroxyl groups excluding tert-OH is 1. The Morgan fingerprint density at radius 3 is 2.48 bits per heavy atom. The first kappa shape index (κ1) is 14.9. The zero-order valence-corrected chi connectivity index (χ0v) is 12.2. The van der Waals surface area contributed by atoms with Crippen molar-refractivity contribution in [1.82, 2.24) is 0 Å². The van der Waals surface area contributed by atoms with Gasteiger partial charge in [0.1, 0.15) is 5.76 Å². The number of benzene rings is 1. The van der Waals surface area contributed by atoms with Crippen molar-refractivity contribution in [2.75, 3.05) is 5.32 Å². The van der Waals surface area contributed by atoms with Gasteiger partial charge < -0.3 is 10.4 Å². The molecule has 0 unspecified atom stereocenters. The summed E-state index contributed by atoms with van der Waals surface area (Å²) < 4.78 is 0. The number of nitriles is 1. The predicted molar refractivity (Wildman–Crippen MR) is 81.6 cm³/mol. The second-order valence-electron chi connectivity index (χ2n) is 6.06. The molecule has 0 spiro atoms. The molecule has 0 atom stereocenters. The molecular formula is C17H18N2O2. The van der Waals surface area contributed by atoms with Gasteiger partial charge >= 0.3 is 0 Å². The Hall–Kier alpha value is -2.54. The molecule has 0 saturated carbocycles. The predicted octanol–water partition coefficient (Wildman–Crippen LogP) is 3.69. The summed E-state index contributed by atoms with van der Waals surface area (Å²) in [7, 11) is 0.